The van der Waals surface area contributed by atoms with Crippen LogP contribution in [0.1, 0.15) is 17.3 Å². The van der Waals surface area contributed by atoms with Crippen molar-refractivity contribution in [2.45, 2.75) is 6.92 Å². The van der Waals surface area contributed by atoms with Gasteiger partial charge < -0.3 is 19.7 Å². The van der Waals surface area contributed by atoms with Gasteiger partial charge in [-0.05, 0) is 54.7 Å². The zero-order valence-electron chi connectivity index (χ0n) is 16.0. The van der Waals surface area contributed by atoms with Gasteiger partial charge >= 0.3 is 0 Å². The fourth-order valence-electron chi connectivity index (χ4n) is 2.26. The van der Waals surface area contributed by atoms with Gasteiger partial charge in [0.2, 0.25) is 5.91 Å². The normalized spacial score (nSPS) is 10.1. The van der Waals surface area contributed by atoms with Crippen LogP contribution in [0.25, 0.3) is 0 Å². The highest BCUT2D eigenvalue weighted by Crippen LogP contribution is 2.18. The van der Waals surface area contributed by atoms with Crippen LogP contribution in [0.3, 0.4) is 0 Å². The maximum absolute atomic E-state index is 12.3. The van der Waals surface area contributed by atoms with Crippen LogP contribution >= 0.6 is 12.2 Å². The Morgan fingerprint density at radius 1 is 1.11 bits per heavy atom. The number of thiocarbonyl (C=S) groups is 1. The monoisotopic (exact) mass is 401 g/mol. The molecule has 0 unspecified atom stereocenters. The average molecular weight is 401 g/mol. The number of ether oxygens (including phenoxy) is 2. The molecule has 2 aromatic carbocycles. The first-order valence-corrected chi connectivity index (χ1v) is 9.00. The molecule has 0 spiro atoms. The molecule has 0 atom stereocenters. The number of rotatable bonds is 7. The number of nitrogens with zero attached hydrogens (tertiary/aromatic N) is 1. The Kier molecular flexibility index (Phi) is 7.91. The fraction of sp³-hybridized carbons (Fsp3) is 0.250. The minimum atomic E-state index is -0.335. The van der Waals surface area contributed by atoms with E-state index in [0.717, 1.165) is 5.69 Å². The van der Waals surface area contributed by atoms with Gasteiger partial charge in [-0.1, -0.05) is 6.07 Å². The van der Waals surface area contributed by atoms with Crippen molar-refractivity contribution in [3.63, 3.8) is 0 Å². The van der Waals surface area contributed by atoms with E-state index in [0.29, 0.717) is 30.2 Å². The molecular formula is C20H23N3O4S. The molecule has 0 aromatic heterocycles. The fourth-order valence-corrected chi connectivity index (χ4v) is 2.47. The second-order valence-electron chi connectivity index (χ2n) is 5.90. The summed E-state index contributed by atoms with van der Waals surface area (Å²) in [6, 6.07) is 13.9. The third kappa shape index (κ3) is 6.33. The molecule has 2 aromatic rings. The number of nitrogens with one attached hydrogen (secondary N) is 2. The molecule has 7 nitrogen and oxygen atoms in total. The second kappa shape index (κ2) is 10.4. The molecule has 2 N–H and O–H groups in total. The summed E-state index contributed by atoms with van der Waals surface area (Å²) in [7, 11) is 3.29. The van der Waals surface area contributed by atoms with E-state index in [1.54, 1.807) is 56.6 Å². The molecule has 0 bridgehead atoms. The molecule has 0 heterocycles. The van der Waals surface area contributed by atoms with E-state index in [1.807, 2.05) is 6.07 Å². The highest BCUT2D eigenvalue weighted by Gasteiger charge is 2.10. The minimum absolute atomic E-state index is 0.0809. The summed E-state index contributed by atoms with van der Waals surface area (Å²) in [4.78, 5) is 25.3. The van der Waals surface area contributed by atoms with Crippen LogP contribution in [0.2, 0.25) is 0 Å². The Morgan fingerprint density at radius 3 is 2.46 bits per heavy atom. The molecule has 0 saturated carbocycles. The van der Waals surface area contributed by atoms with Crippen molar-refractivity contribution >= 4 is 40.5 Å². The van der Waals surface area contributed by atoms with E-state index < -0.39 is 0 Å². The number of anilines is 2. The van der Waals surface area contributed by atoms with Crippen LogP contribution in [-0.2, 0) is 9.53 Å². The Bertz CT molecular complexity index is 840. The molecule has 0 aliphatic heterocycles. The molecule has 0 saturated heterocycles. The lowest BCUT2D eigenvalue weighted by molar-refractivity contribution is -0.116. The number of methoxy groups -OCH3 is 1. The van der Waals surface area contributed by atoms with Gasteiger partial charge in [-0.15, -0.1) is 0 Å². The lowest BCUT2D eigenvalue weighted by Crippen LogP contribution is -2.34. The molecular weight excluding hydrogens is 378 g/mol. The van der Waals surface area contributed by atoms with Gasteiger partial charge in [-0.2, -0.15) is 0 Å². The smallest absolute Gasteiger partial charge is 0.257 e. The maximum atomic E-state index is 12.3. The third-order valence-corrected chi connectivity index (χ3v) is 4.07. The van der Waals surface area contributed by atoms with Gasteiger partial charge in [0.25, 0.3) is 5.91 Å². The van der Waals surface area contributed by atoms with Crippen LogP contribution in [0.15, 0.2) is 48.5 Å². The van der Waals surface area contributed by atoms with Crippen molar-refractivity contribution in [2.75, 3.05) is 37.6 Å². The van der Waals surface area contributed by atoms with Gasteiger partial charge in [-0.3, -0.25) is 14.9 Å². The van der Waals surface area contributed by atoms with Gasteiger partial charge in [0.15, 0.2) is 5.11 Å². The van der Waals surface area contributed by atoms with Crippen LogP contribution in [0.4, 0.5) is 11.4 Å². The zero-order chi connectivity index (χ0) is 20.5. The Balaban J connectivity index is 1.93. The summed E-state index contributed by atoms with van der Waals surface area (Å²) in [6.45, 7) is 2.42. The van der Waals surface area contributed by atoms with E-state index in [-0.39, 0.29) is 16.9 Å². The van der Waals surface area contributed by atoms with Crippen molar-refractivity contribution in [2.24, 2.45) is 0 Å². The van der Waals surface area contributed by atoms with Crippen molar-refractivity contribution in [3.05, 3.63) is 54.1 Å². The third-order valence-electron chi connectivity index (χ3n) is 3.86. The lowest BCUT2D eigenvalue weighted by Gasteiger charge is -2.16. The average Bonchev–Trinajstić information content (AvgIpc) is 2.68. The van der Waals surface area contributed by atoms with E-state index in [9.17, 15) is 9.59 Å². The first-order valence-electron chi connectivity index (χ1n) is 8.59. The molecule has 0 aliphatic rings. The Hall–Kier alpha value is -2.97. The molecule has 28 heavy (non-hydrogen) atoms. The van der Waals surface area contributed by atoms with E-state index in [4.69, 9.17) is 21.7 Å². The van der Waals surface area contributed by atoms with Crippen LogP contribution < -0.4 is 20.3 Å². The van der Waals surface area contributed by atoms with Gasteiger partial charge in [-0.25, -0.2) is 0 Å². The van der Waals surface area contributed by atoms with Gasteiger partial charge in [0.05, 0.1) is 6.61 Å². The number of carbonyl (C=O) groups excluding carboxylic acids is 2. The van der Waals surface area contributed by atoms with Crippen LogP contribution in [-0.4, -0.2) is 44.3 Å². The maximum Gasteiger partial charge on any atom is 0.257 e. The molecule has 0 fully saturated rings. The minimum Gasteiger partial charge on any atom is -0.491 e. The summed E-state index contributed by atoms with van der Waals surface area (Å²) in [5, 5.41) is 5.73. The standard InChI is InChI=1S/C20H23N3O4S/c1-14(24)23(2)17-6-4-5-16(13-17)21-20(28)22-19(25)15-7-9-18(10-8-15)27-12-11-26-3/h4-10,13H,11-12H2,1-3H3,(H2,21,22,25,28). The van der Waals surface area contributed by atoms with Crippen molar-refractivity contribution in [3.8, 4) is 5.75 Å². The molecule has 2 rings (SSSR count). The highest BCUT2D eigenvalue weighted by molar-refractivity contribution is 7.80. The highest BCUT2D eigenvalue weighted by atomic mass is 32.1. The van der Waals surface area contributed by atoms with E-state index >= 15 is 0 Å². The van der Waals surface area contributed by atoms with E-state index in [1.165, 1.54) is 11.8 Å². The Labute approximate surface area is 169 Å². The summed E-state index contributed by atoms with van der Waals surface area (Å²) in [6.07, 6.45) is 0. The van der Waals surface area contributed by atoms with Crippen LogP contribution in [0.5, 0.6) is 5.75 Å². The summed E-state index contributed by atoms with van der Waals surface area (Å²) in [5.41, 5.74) is 1.83. The summed E-state index contributed by atoms with van der Waals surface area (Å²) in [5.74, 6) is 0.237. The summed E-state index contributed by atoms with van der Waals surface area (Å²) >= 11 is 5.21. The zero-order valence-corrected chi connectivity index (χ0v) is 16.8. The second-order valence-corrected chi connectivity index (χ2v) is 6.31. The SMILES string of the molecule is COCCOc1ccc(C(=O)NC(=S)Nc2cccc(N(C)C(C)=O)c2)cc1. The Morgan fingerprint density at radius 2 is 1.82 bits per heavy atom. The number of hydrogen-bond acceptors (Lipinski definition) is 5. The molecule has 8 heteroatoms. The van der Waals surface area contributed by atoms with Crippen LogP contribution in [0, 0.1) is 0 Å². The summed E-state index contributed by atoms with van der Waals surface area (Å²) < 4.78 is 10.4. The first kappa shape index (κ1) is 21.3. The lowest BCUT2D eigenvalue weighted by atomic mass is 10.2. The number of carbonyl (C=O) groups is 2. The molecule has 0 aliphatic carbocycles. The topological polar surface area (TPSA) is 79.9 Å². The first-order chi connectivity index (χ1) is 13.4. The van der Waals surface area contributed by atoms with Gasteiger partial charge in [0.1, 0.15) is 12.4 Å². The van der Waals surface area contributed by atoms with Crippen molar-refractivity contribution < 1.29 is 19.1 Å². The van der Waals surface area contributed by atoms with Crippen molar-refractivity contribution in [1.29, 1.82) is 0 Å². The van der Waals surface area contributed by atoms with E-state index in [2.05, 4.69) is 10.6 Å². The predicted molar refractivity (Wildman–Crippen MR) is 113 cm³/mol. The number of hydrogen-bond donors (Lipinski definition) is 2. The molecule has 2 amide bonds. The molecule has 0 radical (unpaired) electrons. The quantitative estimate of drug-likeness (QED) is 0.549. The largest absolute Gasteiger partial charge is 0.491 e. The molecule has 148 valence electrons. The predicted octanol–water partition coefficient (Wildman–Crippen LogP) is 2.82. The number of benzene rings is 2. The number of amides is 2. The van der Waals surface area contributed by atoms with Crippen molar-refractivity contribution in [1.82, 2.24) is 5.32 Å². The van der Waals surface area contributed by atoms with Gasteiger partial charge in [0, 0.05) is 38.0 Å².